The molecule has 0 unspecified atom stereocenters. The monoisotopic (exact) mass is 394 g/mol. The number of rotatable bonds is 3. The van der Waals surface area contributed by atoms with Crippen molar-refractivity contribution in [3.63, 3.8) is 0 Å². The Morgan fingerprint density at radius 1 is 1.07 bits per heavy atom. The Kier molecular flexibility index (Phi) is 5.09. The third-order valence-corrected chi connectivity index (χ3v) is 6.04. The molecule has 1 fully saturated rings. The molecule has 2 aromatic heterocycles. The van der Waals surface area contributed by atoms with E-state index in [1.807, 2.05) is 42.3 Å². The van der Waals surface area contributed by atoms with Gasteiger partial charge in [-0.15, -0.1) is 11.3 Å². The van der Waals surface area contributed by atoms with Gasteiger partial charge in [-0.1, -0.05) is 6.07 Å². The quantitative estimate of drug-likeness (QED) is 0.739. The normalized spacial score (nSPS) is 15.0. The number of hydrogen-bond acceptors (Lipinski definition) is 5. The molecule has 0 aliphatic carbocycles. The summed E-state index contributed by atoms with van der Waals surface area (Å²) in [4.78, 5) is 36.8. The van der Waals surface area contributed by atoms with Crippen molar-refractivity contribution < 1.29 is 9.59 Å². The Hall–Kier alpha value is -2.80. The van der Waals surface area contributed by atoms with Crippen molar-refractivity contribution in [2.24, 2.45) is 0 Å². The van der Waals surface area contributed by atoms with Gasteiger partial charge in [-0.2, -0.15) is 0 Å². The molecule has 0 saturated carbocycles. The van der Waals surface area contributed by atoms with Crippen LogP contribution in [0.4, 0.5) is 0 Å². The van der Waals surface area contributed by atoms with E-state index in [0.29, 0.717) is 18.7 Å². The molecule has 144 valence electrons. The molecule has 1 aliphatic rings. The van der Waals surface area contributed by atoms with Crippen molar-refractivity contribution >= 4 is 34.2 Å². The Morgan fingerprint density at radius 3 is 2.46 bits per heavy atom. The number of hydrogen-bond donors (Lipinski definition) is 1. The highest BCUT2D eigenvalue weighted by atomic mass is 32.1. The summed E-state index contributed by atoms with van der Waals surface area (Å²) in [6, 6.07) is 9.23. The highest BCUT2D eigenvalue weighted by Crippen LogP contribution is 2.18. The number of fused-ring (bicyclic) bond motifs is 1. The Bertz CT molecular complexity index is 1020. The number of piperidine rings is 1. The van der Waals surface area contributed by atoms with Gasteiger partial charge in [-0.3, -0.25) is 9.59 Å². The smallest absolute Gasteiger partial charge is 0.263 e. The predicted molar refractivity (Wildman–Crippen MR) is 110 cm³/mol. The maximum Gasteiger partial charge on any atom is 0.263 e. The topological polar surface area (TPSA) is 75.2 Å². The summed E-state index contributed by atoms with van der Waals surface area (Å²) in [5.74, 6) is -0.0245. The Labute approximate surface area is 167 Å². The number of nitrogens with zero attached hydrogens (tertiary/aromatic N) is 3. The number of thiophene rings is 1. The van der Waals surface area contributed by atoms with Gasteiger partial charge in [-0.25, -0.2) is 9.97 Å². The number of amides is 2. The van der Waals surface area contributed by atoms with Crippen LogP contribution in [-0.2, 0) is 0 Å². The highest BCUT2D eigenvalue weighted by molar-refractivity contribution is 7.12. The molecule has 1 aliphatic heterocycles. The molecular formula is C21H22N4O2S. The van der Waals surface area contributed by atoms with Gasteiger partial charge in [-0.05, 0) is 56.3 Å². The number of aryl methyl sites for hydroxylation is 2. The molecule has 1 aromatic carbocycles. The predicted octanol–water partition coefficient (Wildman–Crippen LogP) is 3.34. The van der Waals surface area contributed by atoms with Crippen LogP contribution in [0.1, 0.15) is 44.3 Å². The van der Waals surface area contributed by atoms with Crippen molar-refractivity contribution in [1.29, 1.82) is 0 Å². The second-order valence-electron chi connectivity index (χ2n) is 7.12. The molecule has 0 bridgehead atoms. The molecule has 0 atom stereocenters. The van der Waals surface area contributed by atoms with Crippen LogP contribution >= 0.6 is 11.3 Å². The lowest BCUT2D eigenvalue weighted by molar-refractivity contribution is 0.0703. The van der Waals surface area contributed by atoms with Crippen LogP contribution in [0.5, 0.6) is 0 Å². The minimum absolute atomic E-state index is 0.0708. The zero-order valence-corrected chi connectivity index (χ0v) is 16.8. The van der Waals surface area contributed by atoms with E-state index in [0.717, 1.165) is 40.1 Å². The van der Waals surface area contributed by atoms with Gasteiger partial charge in [0.05, 0.1) is 27.3 Å². The van der Waals surface area contributed by atoms with Crippen molar-refractivity contribution in [3.05, 3.63) is 57.5 Å². The highest BCUT2D eigenvalue weighted by Gasteiger charge is 2.25. The largest absolute Gasteiger partial charge is 0.349 e. The van der Waals surface area contributed by atoms with Gasteiger partial charge in [0.25, 0.3) is 11.8 Å². The van der Waals surface area contributed by atoms with Crippen LogP contribution in [0.2, 0.25) is 0 Å². The maximum absolute atomic E-state index is 12.7. The Morgan fingerprint density at radius 2 is 1.79 bits per heavy atom. The molecule has 6 nitrogen and oxygen atoms in total. The summed E-state index contributed by atoms with van der Waals surface area (Å²) in [6.45, 7) is 5.16. The number of aromatic nitrogens is 2. The molecule has 28 heavy (non-hydrogen) atoms. The van der Waals surface area contributed by atoms with Gasteiger partial charge in [0.15, 0.2) is 0 Å². The number of likely N-dealkylation sites (tertiary alicyclic amines) is 1. The molecule has 1 N–H and O–H groups in total. The van der Waals surface area contributed by atoms with E-state index >= 15 is 0 Å². The zero-order valence-electron chi connectivity index (χ0n) is 15.9. The van der Waals surface area contributed by atoms with E-state index in [1.165, 1.54) is 11.3 Å². The summed E-state index contributed by atoms with van der Waals surface area (Å²) < 4.78 is 0. The third-order valence-electron chi connectivity index (χ3n) is 5.19. The first-order valence-corrected chi connectivity index (χ1v) is 10.3. The SMILES string of the molecule is Cc1nc2ccc(C(=O)NC3CCN(C(=O)c4cccs4)CC3)cc2nc1C. The van der Waals surface area contributed by atoms with E-state index in [9.17, 15) is 9.59 Å². The van der Waals surface area contributed by atoms with Crippen LogP contribution in [0.25, 0.3) is 11.0 Å². The molecule has 1 saturated heterocycles. The number of nitrogens with one attached hydrogen (secondary N) is 1. The van der Waals surface area contributed by atoms with Crippen LogP contribution in [0, 0.1) is 13.8 Å². The zero-order chi connectivity index (χ0) is 19.7. The van der Waals surface area contributed by atoms with Gasteiger partial charge in [0.1, 0.15) is 0 Å². The second kappa shape index (κ2) is 7.67. The van der Waals surface area contributed by atoms with Crippen LogP contribution < -0.4 is 5.32 Å². The van der Waals surface area contributed by atoms with Gasteiger partial charge < -0.3 is 10.2 Å². The fourth-order valence-corrected chi connectivity index (χ4v) is 4.11. The van der Waals surface area contributed by atoms with Crippen LogP contribution in [0.3, 0.4) is 0 Å². The standard InChI is InChI=1S/C21H22N4O2S/c1-13-14(2)23-18-12-15(5-6-17(18)22-13)20(26)24-16-7-9-25(10-8-16)21(27)19-4-3-11-28-19/h3-6,11-12,16H,7-10H2,1-2H3,(H,24,26). The van der Waals surface area contributed by atoms with E-state index in [-0.39, 0.29) is 17.9 Å². The first-order valence-electron chi connectivity index (χ1n) is 9.40. The summed E-state index contributed by atoms with van der Waals surface area (Å²) in [6.07, 6.45) is 1.52. The summed E-state index contributed by atoms with van der Waals surface area (Å²) in [7, 11) is 0. The number of carbonyl (C=O) groups excluding carboxylic acids is 2. The van der Waals surface area contributed by atoms with Gasteiger partial charge >= 0.3 is 0 Å². The first-order chi connectivity index (χ1) is 13.5. The third kappa shape index (κ3) is 3.75. The molecule has 3 heterocycles. The van der Waals surface area contributed by atoms with E-state index in [4.69, 9.17) is 0 Å². The van der Waals surface area contributed by atoms with Gasteiger partial charge in [0.2, 0.25) is 0 Å². The molecule has 0 radical (unpaired) electrons. The molecule has 4 rings (SSSR count). The molecule has 2 amide bonds. The van der Waals surface area contributed by atoms with Crippen LogP contribution in [-0.4, -0.2) is 45.8 Å². The van der Waals surface area contributed by atoms with E-state index in [2.05, 4.69) is 15.3 Å². The van der Waals surface area contributed by atoms with Crippen LogP contribution in [0.15, 0.2) is 35.7 Å². The molecular weight excluding hydrogens is 372 g/mol. The van der Waals surface area contributed by atoms with E-state index in [1.54, 1.807) is 12.1 Å². The maximum atomic E-state index is 12.7. The number of benzene rings is 1. The lowest BCUT2D eigenvalue weighted by atomic mass is 10.0. The average Bonchev–Trinajstić information content (AvgIpc) is 3.23. The first kappa shape index (κ1) is 18.6. The second-order valence-corrected chi connectivity index (χ2v) is 8.06. The summed E-state index contributed by atoms with van der Waals surface area (Å²) in [5, 5.41) is 5.01. The molecule has 7 heteroatoms. The fourth-order valence-electron chi connectivity index (χ4n) is 3.42. The lowest BCUT2D eigenvalue weighted by Crippen LogP contribution is -2.46. The fraction of sp³-hybridized carbons (Fsp3) is 0.333. The van der Waals surface area contributed by atoms with Crippen molar-refractivity contribution in [2.75, 3.05) is 13.1 Å². The van der Waals surface area contributed by atoms with E-state index < -0.39 is 0 Å². The molecule has 0 spiro atoms. The minimum atomic E-state index is -0.107. The minimum Gasteiger partial charge on any atom is -0.349 e. The average molecular weight is 395 g/mol. The lowest BCUT2D eigenvalue weighted by Gasteiger charge is -2.32. The number of carbonyl (C=O) groups is 2. The van der Waals surface area contributed by atoms with Crippen molar-refractivity contribution in [1.82, 2.24) is 20.2 Å². The van der Waals surface area contributed by atoms with Crippen molar-refractivity contribution in [2.45, 2.75) is 32.7 Å². The van der Waals surface area contributed by atoms with Gasteiger partial charge in [0, 0.05) is 24.7 Å². The summed E-state index contributed by atoms with van der Waals surface area (Å²) in [5.41, 5.74) is 3.87. The molecule has 3 aromatic rings. The summed E-state index contributed by atoms with van der Waals surface area (Å²) >= 11 is 1.46. The Balaban J connectivity index is 1.39. The van der Waals surface area contributed by atoms with Crippen molar-refractivity contribution in [3.8, 4) is 0 Å².